The van der Waals surface area contributed by atoms with Crippen molar-refractivity contribution in [2.24, 2.45) is 0 Å². The monoisotopic (exact) mass is 503 g/mol. The lowest BCUT2D eigenvalue weighted by Crippen LogP contribution is -2.33. The first kappa shape index (κ1) is 26.0. The van der Waals surface area contributed by atoms with E-state index in [2.05, 4.69) is 26.6 Å². The number of rotatable bonds is 6. The first-order chi connectivity index (χ1) is 17.7. The molecular formula is C29H28F3N5. The summed E-state index contributed by atoms with van der Waals surface area (Å²) in [7, 11) is 3.93. The van der Waals surface area contributed by atoms with E-state index in [4.69, 9.17) is 0 Å². The molecule has 37 heavy (non-hydrogen) atoms. The van der Waals surface area contributed by atoms with Crippen molar-refractivity contribution in [1.29, 1.82) is 5.26 Å². The summed E-state index contributed by atoms with van der Waals surface area (Å²) in [6.07, 6.45) is 1.62. The molecule has 1 aliphatic heterocycles. The van der Waals surface area contributed by atoms with Crippen molar-refractivity contribution in [2.45, 2.75) is 25.6 Å². The second-order valence-corrected chi connectivity index (χ2v) is 9.00. The van der Waals surface area contributed by atoms with Crippen LogP contribution < -0.4 is 10.6 Å². The zero-order valence-corrected chi connectivity index (χ0v) is 20.9. The maximum absolute atomic E-state index is 13.4. The van der Waals surface area contributed by atoms with Gasteiger partial charge in [0.15, 0.2) is 0 Å². The highest BCUT2D eigenvalue weighted by molar-refractivity contribution is 5.71. The zero-order chi connectivity index (χ0) is 26.6. The van der Waals surface area contributed by atoms with Crippen LogP contribution >= 0.6 is 0 Å². The minimum absolute atomic E-state index is 0.268. The van der Waals surface area contributed by atoms with E-state index in [0.717, 1.165) is 45.8 Å². The summed E-state index contributed by atoms with van der Waals surface area (Å²) in [6, 6.07) is 16.6. The first-order valence-electron chi connectivity index (χ1n) is 11.9. The third kappa shape index (κ3) is 5.68. The fraction of sp³-hybridized carbons (Fsp3) is 0.241. The minimum atomic E-state index is -4.43. The normalized spacial score (nSPS) is 15.9. The summed E-state index contributed by atoms with van der Waals surface area (Å²) >= 11 is 0. The number of pyridine rings is 1. The standard InChI is InChI=1S/C29H28F3N5/c1-4-25-27(26(12-14-35-25)36-22-9-5-8-21(16-22)29(30,31)32)28(37(2)3)23-11-10-19(17-33)15-24(23)20-7-6-13-34-18-20/h4-11,13,15-16,18,28,35-36H,12,14H2,1-3H3. The van der Waals surface area contributed by atoms with E-state index in [1.165, 1.54) is 6.07 Å². The minimum Gasteiger partial charge on any atom is -0.385 e. The van der Waals surface area contributed by atoms with E-state index in [9.17, 15) is 18.4 Å². The van der Waals surface area contributed by atoms with Crippen LogP contribution in [0.1, 0.15) is 36.1 Å². The van der Waals surface area contributed by atoms with Crippen LogP contribution in [0, 0.1) is 11.3 Å². The topological polar surface area (TPSA) is 64.0 Å². The predicted molar refractivity (Wildman–Crippen MR) is 139 cm³/mol. The Bertz CT molecular complexity index is 1370. The molecule has 0 aliphatic carbocycles. The zero-order valence-electron chi connectivity index (χ0n) is 20.9. The van der Waals surface area contributed by atoms with Crippen molar-refractivity contribution in [3.63, 3.8) is 0 Å². The number of allylic oxidation sites excluding steroid dienone is 1. The molecular weight excluding hydrogens is 475 g/mol. The summed E-state index contributed by atoms with van der Waals surface area (Å²) in [4.78, 5) is 6.34. The maximum atomic E-state index is 13.4. The Hall–Kier alpha value is -4.09. The van der Waals surface area contributed by atoms with Gasteiger partial charge in [-0.2, -0.15) is 18.4 Å². The molecule has 0 spiro atoms. The second-order valence-electron chi connectivity index (χ2n) is 9.00. The third-order valence-corrected chi connectivity index (χ3v) is 6.32. The van der Waals surface area contributed by atoms with Gasteiger partial charge in [-0.15, -0.1) is 0 Å². The first-order valence-corrected chi connectivity index (χ1v) is 11.9. The number of nitriles is 1. The van der Waals surface area contributed by atoms with Crippen LogP contribution in [-0.4, -0.2) is 30.5 Å². The van der Waals surface area contributed by atoms with Gasteiger partial charge in [0.2, 0.25) is 0 Å². The highest BCUT2D eigenvalue weighted by atomic mass is 19.4. The number of alkyl halides is 3. The molecule has 0 saturated heterocycles. The molecule has 0 saturated carbocycles. The van der Waals surface area contributed by atoms with Crippen molar-refractivity contribution in [2.75, 3.05) is 26.0 Å². The van der Waals surface area contributed by atoms with Crippen molar-refractivity contribution in [3.8, 4) is 17.2 Å². The average Bonchev–Trinajstić information content (AvgIpc) is 2.89. The highest BCUT2D eigenvalue weighted by Crippen LogP contribution is 2.41. The molecule has 1 aliphatic rings. The van der Waals surface area contributed by atoms with Crippen LogP contribution in [-0.2, 0) is 6.18 Å². The van der Waals surface area contributed by atoms with Crippen LogP contribution in [0.5, 0.6) is 0 Å². The molecule has 2 heterocycles. The van der Waals surface area contributed by atoms with Crippen LogP contribution in [0.3, 0.4) is 0 Å². The molecule has 1 unspecified atom stereocenters. The average molecular weight is 504 g/mol. The van der Waals surface area contributed by atoms with Gasteiger partial charge in [-0.05, 0) is 68.5 Å². The molecule has 1 aromatic heterocycles. The van der Waals surface area contributed by atoms with Crippen molar-refractivity contribution < 1.29 is 13.2 Å². The summed E-state index contributed by atoms with van der Waals surface area (Å²) in [5.74, 6) is 0. The quantitative estimate of drug-likeness (QED) is 0.402. The van der Waals surface area contributed by atoms with Gasteiger partial charge >= 0.3 is 6.18 Å². The lowest BCUT2D eigenvalue weighted by Gasteiger charge is -2.36. The van der Waals surface area contributed by atoms with Crippen molar-refractivity contribution >= 4 is 5.69 Å². The number of hydrogen-bond acceptors (Lipinski definition) is 5. The Balaban J connectivity index is 1.90. The maximum Gasteiger partial charge on any atom is 0.416 e. The second kappa shape index (κ2) is 10.9. The van der Waals surface area contributed by atoms with E-state index < -0.39 is 11.7 Å². The van der Waals surface area contributed by atoms with Crippen LogP contribution in [0.2, 0.25) is 0 Å². The molecule has 0 bridgehead atoms. The van der Waals surface area contributed by atoms with Crippen LogP contribution in [0.25, 0.3) is 11.1 Å². The van der Waals surface area contributed by atoms with E-state index in [1.807, 2.05) is 51.4 Å². The van der Waals surface area contributed by atoms with Gasteiger partial charge < -0.3 is 10.6 Å². The molecule has 4 rings (SSSR count). The van der Waals surface area contributed by atoms with Gasteiger partial charge in [-0.25, -0.2) is 0 Å². The summed E-state index contributed by atoms with van der Waals surface area (Å²) in [5, 5.41) is 16.3. The Kier molecular flexibility index (Phi) is 7.65. The Morgan fingerprint density at radius 3 is 2.59 bits per heavy atom. The number of halogens is 3. The lowest BCUT2D eigenvalue weighted by molar-refractivity contribution is -0.137. The molecule has 2 aromatic carbocycles. The van der Waals surface area contributed by atoms with Crippen molar-refractivity contribution in [3.05, 3.63) is 107 Å². The SMILES string of the molecule is CC=C1NCCC(Nc2cccc(C(F)(F)F)c2)=C1C(c1ccc(C#N)cc1-c1cccnc1)N(C)C. The summed E-state index contributed by atoms with van der Waals surface area (Å²) in [6.45, 7) is 2.58. The lowest BCUT2D eigenvalue weighted by atomic mass is 9.85. The Labute approximate surface area is 215 Å². The van der Waals surface area contributed by atoms with Crippen LogP contribution in [0.4, 0.5) is 18.9 Å². The van der Waals surface area contributed by atoms with Gasteiger partial charge in [0, 0.05) is 53.6 Å². The molecule has 5 nitrogen and oxygen atoms in total. The van der Waals surface area contributed by atoms with E-state index >= 15 is 0 Å². The molecule has 8 heteroatoms. The largest absolute Gasteiger partial charge is 0.416 e. The Morgan fingerprint density at radius 1 is 1.14 bits per heavy atom. The number of benzene rings is 2. The molecule has 0 radical (unpaired) electrons. The molecule has 3 aromatic rings. The van der Waals surface area contributed by atoms with Gasteiger partial charge in [0.05, 0.1) is 23.2 Å². The summed E-state index contributed by atoms with van der Waals surface area (Å²) in [5.41, 5.74) is 5.60. The fourth-order valence-corrected chi connectivity index (χ4v) is 4.69. The van der Waals surface area contributed by atoms with Gasteiger partial charge in [-0.3, -0.25) is 9.88 Å². The number of nitrogens with zero attached hydrogens (tertiary/aromatic N) is 3. The Morgan fingerprint density at radius 2 is 1.95 bits per heavy atom. The fourth-order valence-electron chi connectivity index (χ4n) is 4.69. The van der Waals surface area contributed by atoms with Gasteiger partial charge in [-0.1, -0.05) is 24.3 Å². The molecule has 0 amide bonds. The van der Waals surface area contributed by atoms with E-state index in [-0.39, 0.29) is 6.04 Å². The molecule has 0 fully saturated rings. The number of nitrogens with one attached hydrogen (secondary N) is 2. The van der Waals surface area contributed by atoms with Crippen LogP contribution in [0.15, 0.2) is 90.0 Å². The number of anilines is 1. The van der Waals surface area contributed by atoms with E-state index in [0.29, 0.717) is 24.2 Å². The molecule has 2 N–H and O–H groups in total. The molecule has 1 atom stereocenters. The summed E-state index contributed by atoms with van der Waals surface area (Å²) < 4.78 is 40.1. The van der Waals surface area contributed by atoms with Crippen molar-refractivity contribution in [1.82, 2.24) is 15.2 Å². The van der Waals surface area contributed by atoms with Gasteiger partial charge in [0.25, 0.3) is 0 Å². The number of hydrogen-bond donors (Lipinski definition) is 2. The predicted octanol–water partition coefficient (Wildman–Crippen LogP) is 6.51. The number of aromatic nitrogens is 1. The van der Waals surface area contributed by atoms with Gasteiger partial charge in [0.1, 0.15) is 0 Å². The smallest absolute Gasteiger partial charge is 0.385 e. The highest BCUT2D eigenvalue weighted by Gasteiger charge is 2.32. The number of likely N-dealkylation sites (N-methyl/N-ethyl adjacent to an activating group) is 1. The van der Waals surface area contributed by atoms with E-state index in [1.54, 1.807) is 24.5 Å². The third-order valence-electron chi connectivity index (χ3n) is 6.32. The molecule has 190 valence electrons.